The van der Waals surface area contributed by atoms with Gasteiger partial charge in [0.2, 0.25) is 10.0 Å². The van der Waals surface area contributed by atoms with E-state index < -0.39 is 21.9 Å². The van der Waals surface area contributed by atoms with E-state index in [4.69, 9.17) is 9.47 Å². The van der Waals surface area contributed by atoms with Crippen LogP contribution in [0.25, 0.3) is 0 Å². The van der Waals surface area contributed by atoms with E-state index in [0.29, 0.717) is 10.6 Å². The first-order valence-electron chi connectivity index (χ1n) is 9.30. The van der Waals surface area contributed by atoms with Crippen LogP contribution in [0.4, 0.5) is 5.00 Å². The second-order valence-corrected chi connectivity index (χ2v) is 9.71. The quantitative estimate of drug-likeness (QED) is 0.591. The Hall–Kier alpha value is -2.43. The van der Waals surface area contributed by atoms with Crippen LogP contribution >= 0.6 is 11.3 Å². The molecule has 0 aliphatic carbocycles. The summed E-state index contributed by atoms with van der Waals surface area (Å²) < 4.78 is 38.0. The zero-order valence-electron chi connectivity index (χ0n) is 17.8. The summed E-state index contributed by atoms with van der Waals surface area (Å²) in [5.41, 5.74) is 1.14. The van der Waals surface area contributed by atoms with E-state index in [1.165, 1.54) is 36.6 Å². The van der Waals surface area contributed by atoms with Crippen molar-refractivity contribution in [2.75, 3.05) is 19.0 Å². The Bertz CT molecular complexity index is 1060. The number of anilines is 1. The van der Waals surface area contributed by atoms with Crippen molar-refractivity contribution in [1.29, 1.82) is 0 Å². The molecule has 2 N–H and O–H groups in total. The van der Waals surface area contributed by atoms with Gasteiger partial charge in [-0.2, -0.15) is 0 Å². The van der Waals surface area contributed by atoms with Gasteiger partial charge in [0.15, 0.2) is 0 Å². The highest BCUT2D eigenvalue weighted by Gasteiger charge is 2.25. The minimum atomic E-state index is -3.89. The second kappa shape index (κ2) is 9.59. The van der Waals surface area contributed by atoms with Crippen molar-refractivity contribution in [2.45, 2.75) is 45.6 Å². The van der Waals surface area contributed by atoms with E-state index in [9.17, 15) is 18.0 Å². The number of carbonyl (C=O) groups excluding carboxylic acids is 2. The molecular weight excluding hydrogens is 428 g/mol. The van der Waals surface area contributed by atoms with Crippen LogP contribution in [0.1, 0.15) is 51.9 Å². The van der Waals surface area contributed by atoms with Gasteiger partial charge in [-0.3, -0.25) is 4.79 Å². The third-order valence-electron chi connectivity index (χ3n) is 4.20. The van der Waals surface area contributed by atoms with E-state index in [1.807, 2.05) is 6.92 Å². The minimum absolute atomic E-state index is 0.110. The Morgan fingerprint density at radius 1 is 1.20 bits per heavy atom. The van der Waals surface area contributed by atoms with Crippen LogP contribution in [0, 0.1) is 13.8 Å². The van der Waals surface area contributed by atoms with Crippen molar-refractivity contribution in [2.24, 2.45) is 0 Å². The maximum Gasteiger partial charge on any atom is 0.341 e. The molecule has 0 saturated heterocycles. The molecular formula is C20H26N2O6S2. The van der Waals surface area contributed by atoms with Gasteiger partial charge in [0.25, 0.3) is 5.91 Å². The summed E-state index contributed by atoms with van der Waals surface area (Å²) in [6, 6.07) is 3.79. The summed E-state index contributed by atoms with van der Waals surface area (Å²) in [6.07, 6.45) is 0. The Balaban J connectivity index is 2.43. The summed E-state index contributed by atoms with van der Waals surface area (Å²) >= 11 is 1.26. The normalized spacial score (nSPS) is 11.4. The number of esters is 1. The predicted octanol–water partition coefficient (Wildman–Crippen LogP) is 3.49. The van der Waals surface area contributed by atoms with Gasteiger partial charge in [0, 0.05) is 16.5 Å². The van der Waals surface area contributed by atoms with Gasteiger partial charge in [0.1, 0.15) is 15.6 Å². The second-order valence-electron chi connectivity index (χ2n) is 6.80. The number of nitrogens with one attached hydrogen (secondary N) is 2. The predicted molar refractivity (Wildman–Crippen MR) is 116 cm³/mol. The van der Waals surface area contributed by atoms with Crippen LogP contribution in [0.15, 0.2) is 23.1 Å². The average Bonchev–Trinajstić information content (AvgIpc) is 2.93. The first-order valence-corrected chi connectivity index (χ1v) is 11.6. The first kappa shape index (κ1) is 23.8. The van der Waals surface area contributed by atoms with Crippen LogP contribution < -0.4 is 14.8 Å². The van der Waals surface area contributed by atoms with Gasteiger partial charge in [-0.05, 0) is 58.4 Å². The summed E-state index contributed by atoms with van der Waals surface area (Å²) in [5.74, 6) is -0.950. The lowest BCUT2D eigenvalue weighted by molar-refractivity contribution is 0.0527. The van der Waals surface area contributed by atoms with E-state index >= 15 is 0 Å². The van der Waals surface area contributed by atoms with Crippen LogP contribution in [0.3, 0.4) is 0 Å². The number of hydrogen-bond acceptors (Lipinski definition) is 7. The Morgan fingerprint density at radius 2 is 1.87 bits per heavy atom. The molecule has 30 heavy (non-hydrogen) atoms. The van der Waals surface area contributed by atoms with Crippen LogP contribution in [0.2, 0.25) is 0 Å². The Labute approximate surface area is 180 Å². The smallest absolute Gasteiger partial charge is 0.341 e. The SMILES string of the molecule is CCOC(=O)c1c(NC(=O)c2ccc(OC)c(S(=O)(=O)NC(C)C)c2)sc(C)c1C. The lowest BCUT2D eigenvalue weighted by Gasteiger charge is -2.14. The van der Waals surface area contributed by atoms with Crippen molar-refractivity contribution < 1.29 is 27.5 Å². The maximum atomic E-state index is 12.9. The van der Waals surface area contributed by atoms with Gasteiger partial charge >= 0.3 is 5.97 Å². The Morgan fingerprint density at radius 3 is 2.43 bits per heavy atom. The number of sulfonamides is 1. The molecule has 1 aromatic heterocycles. The van der Waals surface area contributed by atoms with E-state index in [-0.39, 0.29) is 28.9 Å². The average molecular weight is 455 g/mol. The third-order valence-corrected chi connectivity index (χ3v) is 7.00. The van der Waals surface area contributed by atoms with Crippen molar-refractivity contribution in [1.82, 2.24) is 4.72 Å². The molecule has 0 fully saturated rings. The number of carbonyl (C=O) groups is 2. The highest BCUT2D eigenvalue weighted by atomic mass is 32.2. The molecule has 0 unspecified atom stereocenters. The maximum absolute atomic E-state index is 12.9. The summed E-state index contributed by atoms with van der Waals surface area (Å²) in [6.45, 7) is 8.92. The number of hydrogen-bond donors (Lipinski definition) is 2. The van der Waals surface area contributed by atoms with Crippen LogP contribution in [-0.4, -0.2) is 40.1 Å². The van der Waals surface area contributed by atoms with Gasteiger partial charge in [-0.15, -0.1) is 11.3 Å². The summed E-state index contributed by atoms with van der Waals surface area (Å²) in [5, 5.41) is 3.06. The number of rotatable bonds is 8. The molecule has 0 radical (unpaired) electrons. The largest absolute Gasteiger partial charge is 0.495 e. The zero-order valence-corrected chi connectivity index (χ0v) is 19.4. The van der Waals surface area contributed by atoms with Crippen molar-refractivity contribution >= 4 is 38.2 Å². The zero-order chi connectivity index (χ0) is 22.6. The van der Waals surface area contributed by atoms with Crippen molar-refractivity contribution in [3.05, 3.63) is 39.8 Å². The van der Waals surface area contributed by atoms with Gasteiger partial charge in [0.05, 0.1) is 19.3 Å². The molecule has 0 aliphatic rings. The number of thiophene rings is 1. The molecule has 0 spiro atoms. The van der Waals surface area contributed by atoms with Crippen LogP contribution in [0.5, 0.6) is 5.75 Å². The fourth-order valence-electron chi connectivity index (χ4n) is 2.74. The molecule has 1 amide bonds. The molecule has 0 saturated carbocycles. The standard InChI is InChI=1S/C20H26N2O6S2/c1-7-28-20(24)17-12(4)13(5)29-19(17)21-18(23)14-8-9-15(27-6)16(10-14)30(25,26)22-11(2)3/h8-11,22H,7H2,1-6H3,(H,21,23). The topological polar surface area (TPSA) is 111 Å². The highest BCUT2D eigenvalue weighted by Crippen LogP contribution is 2.34. The highest BCUT2D eigenvalue weighted by molar-refractivity contribution is 7.89. The van der Waals surface area contributed by atoms with Crippen molar-refractivity contribution in [3.8, 4) is 5.75 Å². The Kier molecular flexibility index (Phi) is 7.62. The number of aryl methyl sites for hydroxylation is 1. The summed E-state index contributed by atoms with van der Waals surface area (Å²) in [7, 11) is -2.54. The van der Waals surface area contributed by atoms with Crippen molar-refractivity contribution in [3.63, 3.8) is 0 Å². The molecule has 164 valence electrons. The number of ether oxygens (including phenoxy) is 2. The molecule has 8 nitrogen and oxygen atoms in total. The van der Waals surface area contributed by atoms with Gasteiger partial charge in [-0.1, -0.05) is 0 Å². The summed E-state index contributed by atoms with van der Waals surface area (Å²) in [4.78, 5) is 25.9. The van der Waals surface area contributed by atoms with Crippen LogP contribution in [-0.2, 0) is 14.8 Å². The molecule has 1 heterocycles. The van der Waals surface area contributed by atoms with E-state index in [1.54, 1.807) is 27.7 Å². The molecule has 0 aliphatic heterocycles. The number of benzene rings is 1. The first-order chi connectivity index (χ1) is 14.0. The molecule has 0 atom stereocenters. The molecule has 2 aromatic rings. The molecule has 0 bridgehead atoms. The fourth-order valence-corrected chi connectivity index (χ4v) is 5.23. The molecule has 10 heteroatoms. The lowest BCUT2D eigenvalue weighted by Crippen LogP contribution is -2.30. The monoisotopic (exact) mass is 454 g/mol. The molecule has 1 aromatic carbocycles. The van der Waals surface area contributed by atoms with Gasteiger partial charge < -0.3 is 14.8 Å². The third kappa shape index (κ3) is 5.18. The fraction of sp³-hybridized carbons (Fsp3) is 0.400. The number of methoxy groups -OCH3 is 1. The lowest BCUT2D eigenvalue weighted by atomic mass is 10.1. The minimum Gasteiger partial charge on any atom is -0.495 e. The van der Waals surface area contributed by atoms with E-state index in [0.717, 1.165) is 10.4 Å². The molecule has 2 rings (SSSR count). The number of amides is 1. The van der Waals surface area contributed by atoms with E-state index in [2.05, 4.69) is 10.0 Å². The van der Waals surface area contributed by atoms with Gasteiger partial charge in [-0.25, -0.2) is 17.9 Å².